The molecule has 33 heavy (non-hydrogen) atoms. The van der Waals surface area contributed by atoms with Gasteiger partial charge in [0.05, 0.1) is 10.6 Å². The Morgan fingerprint density at radius 2 is 2.00 bits per heavy atom. The molecule has 2 N–H and O–H groups in total. The molecule has 0 radical (unpaired) electrons. The molecule has 2 amide bonds. The summed E-state index contributed by atoms with van der Waals surface area (Å²) in [6, 6.07) is 12.3. The van der Waals surface area contributed by atoms with E-state index in [1.54, 1.807) is 19.9 Å². The molecule has 2 aromatic rings. The molecule has 0 spiro atoms. The van der Waals surface area contributed by atoms with E-state index < -0.39 is 22.2 Å². The molecule has 9 heteroatoms. The van der Waals surface area contributed by atoms with E-state index in [2.05, 4.69) is 10.6 Å². The number of anilines is 1. The van der Waals surface area contributed by atoms with E-state index in [0.717, 1.165) is 12.8 Å². The number of rotatable bonds is 7. The summed E-state index contributed by atoms with van der Waals surface area (Å²) in [5, 5.41) is 5.64. The number of aryl methyl sites for hydroxylation is 2. The lowest BCUT2D eigenvalue weighted by molar-refractivity contribution is -0.124. The predicted octanol–water partition coefficient (Wildman–Crippen LogP) is 2.62. The fourth-order valence-electron chi connectivity index (χ4n) is 4.30. The Hall–Kier alpha value is -2.91. The molecule has 4 rings (SSSR count). The zero-order chi connectivity index (χ0) is 23.6. The van der Waals surface area contributed by atoms with Crippen LogP contribution in [0.25, 0.3) is 0 Å². The van der Waals surface area contributed by atoms with Crippen LogP contribution >= 0.6 is 0 Å². The third-order valence-corrected chi connectivity index (χ3v) is 8.14. The number of fused-ring (bicyclic) bond motifs is 1. The molecule has 2 aromatic carbocycles. The summed E-state index contributed by atoms with van der Waals surface area (Å²) >= 11 is 0. The first-order valence-electron chi connectivity index (χ1n) is 11.2. The lowest BCUT2D eigenvalue weighted by atomic mass is 10.1. The van der Waals surface area contributed by atoms with Crippen molar-refractivity contribution in [2.45, 2.75) is 56.6 Å². The van der Waals surface area contributed by atoms with Crippen molar-refractivity contribution >= 4 is 27.5 Å². The van der Waals surface area contributed by atoms with Crippen molar-refractivity contribution in [1.82, 2.24) is 9.62 Å². The van der Waals surface area contributed by atoms with Crippen molar-refractivity contribution in [2.75, 3.05) is 18.4 Å². The summed E-state index contributed by atoms with van der Waals surface area (Å²) in [7, 11) is -3.92. The Morgan fingerprint density at radius 1 is 1.24 bits per heavy atom. The number of hydrogen-bond donors (Lipinski definition) is 2. The first kappa shape index (κ1) is 23.3. The second kappa shape index (κ2) is 9.52. The van der Waals surface area contributed by atoms with Gasteiger partial charge in [0.2, 0.25) is 15.9 Å². The molecule has 0 aromatic heterocycles. The lowest BCUT2D eigenvalue weighted by Crippen LogP contribution is -2.46. The van der Waals surface area contributed by atoms with E-state index in [4.69, 9.17) is 4.74 Å². The molecule has 2 heterocycles. The number of nitrogens with zero attached hydrogens (tertiary/aromatic N) is 1. The van der Waals surface area contributed by atoms with Gasteiger partial charge in [-0.15, -0.1) is 0 Å². The first-order chi connectivity index (χ1) is 15.8. The average Bonchev–Trinajstić information content (AvgIpc) is 3.29. The standard InChI is InChI=1S/C24H29N3O5S/c1-16-14-19-21(32-17(2)23(28)26-19)15-22(16)33(30,31)27-13-7-11-20(27)24(29)25-12-6-10-18-8-4-3-5-9-18/h3-5,8-9,14-15,17,20H,6-7,10-13H2,1-2H3,(H,25,29)(H,26,28)/t17-,20-/m1/s1. The molecule has 1 saturated heterocycles. The van der Waals surface area contributed by atoms with Crippen molar-refractivity contribution in [1.29, 1.82) is 0 Å². The summed E-state index contributed by atoms with van der Waals surface area (Å²) in [4.78, 5) is 24.8. The largest absolute Gasteiger partial charge is 0.479 e. The van der Waals surface area contributed by atoms with Crippen molar-refractivity contribution in [3.05, 3.63) is 53.6 Å². The fraction of sp³-hybridized carbons (Fsp3) is 0.417. The highest BCUT2D eigenvalue weighted by atomic mass is 32.2. The normalized spacial score (nSPS) is 20.6. The quantitative estimate of drug-likeness (QED) is 0.604. The minimum absolute atomic E-state index is 0.0911. The van der Waals surface area contributed by atoms with Crippen LogP contribution in [0, 0.1) is 6.92 Å². The molecular weight excluding hydrogens is 442 g/mol. The van der Waals surface area contributed by atoms with E-state index in [9.17, 15) is 18.0 Å². The highest BCUT2D eigenvalue weighted by Crippen LogP contribution is 2.36. The topological polar surface area (TPSA) is 105 Å². The summed E-state index contributed by atoms with van der Waals surface area (Å²) in [5.41, 5.74) is 2.14. The van der Waals surface area contributed by atoms with Crippen LogP contribution in [0.4, 0.5) is 5.69 Å². The van der Waals surface area contributed by atoms with Crippen LogP contribution in [0.5, 0.6) is 5.75 Å². The third kappa shape index (κ3) is 4.89. The number of benzene rings is 2. The molecule has 1 fully saturated rings. The Kier molecular flexibility index (Phi) is 6.71. The lowest BCUT2D eigenvalue weighted by Gasteiger charge is -2.27. The van der Waals surface area contributed by atoms with Gasteiger partial charge in [0.1, 0.15) is 11.8 Å². The maximum atomic E-state index is 13.5. The number of amides is 2. The molecule has 0 bridgehead atoms. The second-order valence-electron chi connectivity index (χ2n) is 8.52. The number of ether oxygens (including phenoxy) is 1. The number of hydrogen-bond acceptors (Lipinski definition) is 5. The average molecular weight is 472 g/mol. The minimum Gasteiger partial charge on any atom is -0.479 e. The smallest absolute Gasteiger partial charge is 0.265 e. The summed E-state index contributed by atoms with van der Waals surface area (Å²) in [5.74, 6) is -0.231. The number of carbonyl (C=O) groups is 2. The van der Waals surface area contributed by atoms with Crippen LogP contribution in [0.3, 0.4) is 0 Å². The Morgan fingerprint density at radius 3 is 2.76 bits per heavy atom. The monoisotopic (exact) mass is 471 g/mol. The number of sulfonamides is 1. The predicted molar refractivity (Wildman–Crippen MR) is 125 cm³/mol. The van der Waals surface area contributed by atoms with Crippen molar-refractivity contribution in [2.24, 2.45) is 0 Å². The summed E-state index contributed by atoms with van der Waals surface area (Å²) in [6.07, 6.45) is 2.01. The van der Waals surface area contributed by atoms with Gasteiger partial charge in [-0.2, -0.15) is 4.31 Å². The molecule has 176 valence electrons. The first-order valence-corrected chi connectivity index (χ1v) is 12.7. The molecule has 2 aliphatic heterocycles. The van der Waals surface area contributed by atoms with Gasteiger partial charge in [-0.05, 0) is 56.7 Å². The number of nitrogens with one attached hydrogen (secondary N) is 2. The molecular formula is C24H29N3O5S. The summed E-state index contributed by atoms with van der Waals surface area (Å²) < 4.78 is 33.9. The van der Waals surface area contributed by atoms with Crippen LogP contribution in [-0.4, -0.2) is 49.8 Å². The maximum absolute atomic E-state index is 13.5. The van der Waals surface area contributed by atoms with Crippen molar-refractivity contribution in [3.63, 3.8) is 0 Å². The molecule has 2 aliphatic rings. The molecule has 0 aliphatic carbocycles. The molecule has 8 nitrogen and oxygen atoms in total. The van der Waals surface area contributed by atoms with Crippen LogP contribution in [0.15, 0.2) is 47.4 Å². The van der Waals surface area contributed by atoms with Gasteiger partial charge in [0, 0.05) is 19.2 Å². The van der Waals surface area contributed by atoms with Gasteiger partial charge in [-0.3, -0.25) is 9.59 Å². The second-order valence-corrected chi connectivity index (χ2v) is 10.4. The Labute approximate surface area is 194 Å². The highest BCUT2D eigenvalue weighted by molar-refractivity contribution is 7.89. The maximum Gasteiger partial charge on any atom is 0.265 e. The Bertz CT molecular complexity index is 1150. The number of carbonyl (C=O) groups excluding carboxylic acids is 2. The van der Waals surface area contributed by atoms with Gasteiger partial charge < -0.3 is 15.4 Å². The van der Waals surface area contributed by atoms with Crippen LogP contribution in [0.1, 0.15) is 37.3 Å². The fourth-order valence-corrected chi connectivity index (χ4v) is 6.18. The molecule has 2 atom stereocenters. The van der Waals surface area contributed by atoms with Crippen molar-refractivity contribution in [3.8, 4) is 5.75 Å². The SMILES string of the molecule is Cc1cc2c(cc1S(=O)(=O)N1CCC[C@@H]1C(=O)NCCCc1ccccc1)O[C@H](C)C(=O)N2. The van der Waals surface area contributed by atoms with Crippen LogP contribution in [-0.2, 0) is 26.0 Å². The van der Waals surface area contributed by atoms with Crippen LogP contribution < -0.4 is 15.4 Å². The zero-order valence-corrected chi connectivity index (χ0v) is 19.7. The van der Waals surface area contributed by atoms with E-state index in [1.165, 1.54) is 15.9 Å². The van der Waals surface area contributed by atoms with E-state index in [0.29, 0.717) is 36.4 Å². The molecule has 0 unspecified atom stereocenters. The Balaban J connectivity index is 1.45. The third-order valence-electron chi connectivity index (χ3n) is 6.09. The van der Waals surface area contributed by atoms with E-state index in [-0.39, 0.29) is 23.3 Å². The summed E-state index contributed by atoms with van der Waals surface area (Å²) in [6.45, 7) is 4.05. The van der Waals surface area contributed by atoms with Gasteiger partial charge >= 0.3 is 0 Å². The van der Waals surface area contributed by atoms with Gasteiger partial charge in [-0.25, -0.2) is 8.42 Å². The molecule has 0 saturated carbocycles. The van der Waals surface area contributed by atoms with Gasteiger partial charge in [-0.1, -0.05) is 30.3 Å². The van der Waals surface area contributed by atoms with E-state index >= 15 is 0 Å². The highest BCUT2D eigenvalue weighted by Gasteiger charge is 2.40. The van der Waals surface area contributed by atoms with Gasteiger partial charge in [0.25, 0.3) is 5.91 Å². The minimum atomic E-state index is -3.92. The van der Waals surface area contributed by atoms with E-state index in [1.807, 2.05) is 30.3 Å². The van der Waals surface area contributed by atoms with Gasteiger partial charge in [0.15, 0.2) is 6.10 Å². The van der Waals surface area contributed by atoms with Crippen molar-refractivity contribution < 1.29 is 22.7 Å². The van der Waals surface area contributed by atoms with Crippen LogP contribution in [0.2, 0.25) is 0 Å². The zero-order valence-electron chi connectivity index (χ0n) is 18.8.